The molecule has 0 spiro atoms. The monoisotopic (exact) mass is 475 g/mol. The number of carbonyl (C=O) groups is 2. The minimum Gasteiger partial charge on any atom is -0.484 e. The molecule has 1 aliphatic carbocycles. The number of nitrogens with one attached hydrogen (secondary N) is 2. The van der Waals surface area contributed by atoms with E-state index in [0.29, 0.717) is 18.0 Å². The number of benzene rings is 1. The van der Waals surface area contributed by atoms with Crippen molar-refractivity contribution in [2.45, 2.75) is 25.7 Å². The number of halogens is 2. The van der Waals surface area contributed by atoms with Crippen LogP contribution >= 0.6 is 11.6 Å². The van der Waals surface area contributed by atoms with Gasteiger partial charge in [0.05, 0.1) is 17.4 Å². The Morgan fingerprint density at radius 3 is 2.73 bits per heavy atom. The molecule has 10 heteroatoms. The average molecular weight is 476 g/mol. The molecule has 8 nitrogen and oxygen atoms in total. The van der Waals surface area contributed by atoms with E-state index in [0.717, 1.165) is 18.4 Å². The number of hydrogen-bond donors (Lipinski definition) is 2. The van der Waals surface area contributed by atoms with Gasteiger partial charge in [-0.15, -0.1) is 0 Å². The number of nitrogens with zero attached hydrogens (tertiary/aromatic N) is 3. The highest BCUT2D eigenvalue weighted by atomic mass is 35.5. The Labute approximate surface area is 197 Å². The molecule has 2 amide bonds. The summed E-state index contributed by atoms with van der Waals surface area (Å²) in [5.74, 6) is 0.191. The molecule has 0 radical (unpaired) electrons. The molecular weight excluding hydrogens is 449 g/mol. The van der Waals surface area contributed by atoms with E-state index in [1.54, 1.807) is 6.20 Å². The Kier molecular flexibility index (Phi) is 8.59. The van der Waals surface area contributed by atoms with Crippen LogP contribution in [0.2, 0.25) is 5.02 Å². The molecule has 1 aromatic heterocycles. The minimum atomic E-state index is -0.630. The highest BCUT2D eigenvalue weighted by Crippen LogP contribution is 2.27. The number of hydrogen-bond acceptors (Lipinski definition) is 6. The van der Waals surface area contributed by atoms with Gasteiger partial charge in [-0.25, -0.2) is 14.4 Å². The first-order chi connectivity index (χ1) is 15.8. The van der Waals surface area contributed by atoms with Gasteiger partial charge in [0.2, 0.25) is 0 Å². The first kappa shape index (κ1) is 24.4. The largest absolute Gasteiger partial charge is 0.484 e. The zero-order chi connectivity index (χ0) is 23.8. The number of aromatic nitrogens is 2. The number of anilines is 1. The molecule has 1 heterocycles. The van der Waals surface area contributed by atoms with Gasteiger partial charge in [-0.05, 0) is 30.9 Å². The van der Waals surface area contributed by atoms with Crippen molar-refractivity contribution in [2.75, 3.05) is 31.6 Å². The summed E-state index contributed by atoms with van der Waals surface area (Å²) in [5.41, 5.74) is 0.624. The minimum absolute atomic E-state index is 0.0274. The summed E-state index contributed by atoms with van der Waals surface area (Å²) >= 11 is 5.60. The lowest BCUT2D eigenvalue weighted by Crippen LogP contribution is -2.31. The second-order valence-corrected chi connectivity index (χ2v) is 8.37. The average Bonchev–Trinajstić information content (AvgIpc) is 2.77. The molecule has 1 aromatic carbocycles. The van der Waals surface area contributed by atoms with Crippen molar-refractivity contribution in [3.63, 3.8) is 0 Å². The summed E-state index contributed by atoms with van der Waals surface area (Å²) in [6.45, 7) is 4.64. The third-order valence-electron chi connectivity index (χ3n) is 5.31. The number of rotatable bonds is 11. The summed E-state index contributed by atoms with van der Waals surface area (Å²) in [7, 11) is 1.97. The van der Waals surface area contributed by atoms with Gasteiger partial charge in [0.25, 0.3) is 11.8 Å². The van der Waals surface area contributed by atoms with Crippen molar-refractivity contribution in [2.24, 2.45) is 5.92 Å². The van der Waals surface area contributed by atoms with Crippen LogP contribution in [0.5, 0.6) is 5.75 Å². The maximum atomic E-state index is 13.4. The summed E-state index contributed by atoms with van der Waals surface area (Å²) in [4.78, 5) is 34.8. The topological polar surface area (TPSA) is 96.5 Å². The highest BCUT2D eigenvalue weighted by molar-refractivity contribution is 6.30. The normalized spacial score (nSPS) is 13.1. The molecule has 0 unspecified atom stereocenters. The van der Waals surface area contributed by atoms with Gasteiger partial charge >= 0.3 is 0 Å². The van der Waals surface area contributed by atoms with E-state index in [9.17, 15) is 14.0 Å². The van der Waals surface area contributed by atoms with Crippen LogP contribution in [-0.4, -0.2) is 48.5 Å². The fraction of sp³-hybridized carbons (Fsp3) is 0.391. The molecular formula is C23H27ClFN5O3. The summed E-state index contributed by atoms with van der Waals surface area (Å²) in [6.07, 6.45) is 7.16. The second-order valence-electron chi connectivity index (χ2n) is 7.96. The van der Waals surface area contributed by atoms with Crippen LogP contribution in [0.4, 0.5) is 10.2 Å². The smallest absolute Gasteiger partial charge is 0.271 e. The number of carbonyl (C=O) groups excluding carboxylic acids is 2. The van der Waals surface area contributed by atoms with Crippen LogP contribution in [0.1, 0.15) is 36.2 Å². The van der Waals surface area contributed by atoms with Crippen molar-refractivity contribution in [1.29, 1.82) is 0 Å². The third kappa shape index (κ3) is 7.42. The quantitative estimate of drug-likeness (QED) is 0.517. The van der Waals surface area contributed by atoms with E-state index in [4.69, 9.17) is 16.3 Å². The van der Waals surface area contributed by atoms with Gasteiger partial charge in [0.15, 0.2) is 6.61 Å². The zero-order valence-electron chi connectivity index (χ0n) is 18.4. The molecule has 0 atom stereocenters. The Morgan fingerprint density at radius 1 is 1.30 bits per heavy atom. The molecule has 33 heavy (non-hydrogen) atoms. The lowest BCUT2D eigenvalue weighted by Gasteiger charge is -2.30. The van der Waals surface area contributed by atoms with E-state index >= 15 is 0 Å². The van der Waals surface area contributed by atoms with Gasteiger partial charge in [-0.3, -0.25) is 9.59 Å². The molecule has 0 bridgehead atoms. The van der Waals surface area contributed by atoms with Crippen LogP contribution < -0.4 is 20.3 Å². The van der Waals surface area contributed by atoms with Crippen molar-refractivity contribution in [3.8, 4) is 5.75 Å². The van der Waals surface area contributed by atoms with Gasteiger partial charge in [-0.2, -0.15) is 0 Å². The second kappa shape index (κ2) is 11.6. The molecule has 3 rings (SSSR count). The van der Waals surface area contributed by atoms with E-state index in [1.165, 1.54) is 37.6 Å². The molecule has 1 saturated carbocycles. The van der Waals surface area contributed by atoms with Gasteiger partial charge in [0, 0.05) is 38.3 Å². The lowest BCUT2D eigenvalue weighted by molar-refractivity contribution is -0.122. The first-order valence-corrected chi connectivity index (χ1v) is 11.1. The van der Waals surface area contributed by atoms with Gasteiger partial charge in [-0.1, -0.05) is 24.6 Å². The van der Waals surface area contributed by atoms with Crippen molar-refractivity contribution in [1.82, 2.24) is 20.6 Å². The van der Waals surface area contributed by atoms with Gasteiger partial charge < -0.3 is 20.3 Å². The van der Waals surface area contributed by atoms with Crippen LogP contribution in [0, 0.1) is 11.7 Å². The standard InChI is InChI=1S/C23H27ClFN5O3/c1-15(29-22(31)14-33-17-6-7-18(24)19(25)10-17)8-9-26-23(32)20-11-28-21(12-27-20)30(2)13-16-4-3-5-16/h6-7,10-12,16H,1,3-5,8-9,13-14H2,2H3,(H,26,32)(H,29,31). The molecule has 176 valence electrons. The van der Waals surface area contributed by atoms with Crippen molar-refractivity contribution >= 4 is 29.2 Å². The number of amides is 2. The Bertz CT molecular complexity index is 998. The summed E-state index contributed by atoms with van der Waals surface area (Å²) in [5, 5.41) is 5.26. The van der Waals surface area contributed by atoms with Crippen molar-refractivity contribution < 1.29 is 18.7 Å². The third-order valence-corrected chi connectivity index (χ3v) is 5.61. The fourth-order valence-corrected chi connectivity index (χ4v) is 3.34. The van der Waals surface area contributed by atoms with E-state index in [-0.39, 0.29) is 35.5 Å². The molecule has 0 aliphatic heterocycles. The maximum Gasteiger partial charge on any atom is 0.271 e. The van der Waals surface area contributed by atoms with Crippen LogP contribution in [-0.2, 0) is 4.79 Å². The predicted octanol–water partition coefficient (Wildman–Crippen LogP) is 3.33. The predicted molar refractivity (Wildman–Crippen MR) is 124 cm³/mol. The lowest BCUT2D eigenvalue weighted by atomic mass is 9.85. The SMILES string of the molecule is C=C(CCNC(=O)c1cnc(N(C)CC2CCC2)cn1)NC(=O)COc1ccc(Cl)c(F)c1. The Hall–Kier alpha value is -3.20. The van der Waals surface area contributed by atoms with Gasteiger partial charge in [0.1, 0.15) is 23.1 Å². The Morgan fingerprint density at radius 2 is 2.09 bits per heavy atom. The number of ether oxygens (including phenoxy) is 1. The van der Waals surface area contributed by atoms with Crippen molar-refractivity contribution in [3.05, 3.63) is 59.4 Å². The molecule has 2 aromatic rings. The molecule has 2 N–H and O–H groups in total. The molecule has 1 fully saturated rings. The Balaban J connectivity index is 1.34. The zero-order valence-corrected chi connectivity index (χ0v) is 19.2. The molecule has 0 saturated heterocycles. The summed E-state index contributed by atoms with van der Waals surface area (Å²) in [6, 6.07) is 3.91. The van der Waals surface area contributed by atoms with Crippen LogP contribution in [0.15, 0.2) is 42.9 Å². The van der Waals surface area contributed by atoms with Crippen LogP contribution in [0.3, 0.4) is 0 Å². The fourth-order valence-electron chi connectivity index (χ4n) is 3.22. The van der Waals surface area contributed by atoms with E-state index < -0.39 is 11.7 Å². The highest BCUT2D eigenvalue weighted by Gasteiger charge is 2.20. The summed E-state index contributed by atoms with van der Waals surface area (Å²) < 4.78 is 18.6. The first-order valence-electron chi connectivity index (χ1n) is 10.7. The van der Waals surface area contributed by atoms with E-state index in [2.05, 4.69) is 32.1 Å². The van der Waals surface area contributed by atoms with E-state index in [1.807, 2.05) is 7.05 Å². The molecule has 1 aliphatic rings. The van der Waals surface area contributed by atoms with Crippen LogP contribution in [0.25, 0.3) is 0 Å². The maximum absolute atomic E-state index is 13.4.